The molecule has 2 amide bonds. The van der Waals surface area contributed by atoms with Crippen LogP contribution in [0.3, 0.4) is 0 Å². The largest absolute Gasteiger partial charge is 0.465 e. The molecule has 0 aliphatic rings. The lowest BCUT2D eigenvalue weighted by Crippen LogP contribution is -2.39. The topological polar surface area (TPSA) is 74.6 Å². The zero-order valence-electron chi connectivity index (χ0n) is 17.3. The zero-order chi connectivity index (χ0) is 22.2. The molecule has 7 heteroatoms. The predicted octanol–water partition coefficient (Wildman–Crippen LogP) is 3.61. The number of nitrogens with zero attached hydrogens (tertiary/aromatic N) is 1. The number of rotatable bonds is 8. The second-order valence-electron chi connectivity index (χ2n) is 7.14. The van der Waals surface area contributed by atoms with Crippen LogP contribution in [-0.2, 0) is 4.79 Å². The van der Waals surface area contributed by atoms with Gasteiger partial charge in [-0.3, -0.25) is 9.59 Å². The lowest BCUT2D eigenvalue weighted by molar-refractivity contribution is -0.117. The number of hydrogen-bond donors (Lipinski definition) is 2. The van der Waals surface area contributed by atoms with E-state index in [0.717, 1.165) is 5.56 Å². The molecule has 3 rings (SSSR count). The summed E-state index contributed by atoms with van der Waals surface area (Å²) in [6, 6.07) is 18.0. The van der Waals surface area contributed by atoms with E-state index >= 15 is 0 Å². The Morgan fingerprint density at radius 1 is 1.06 bits per heavy atom. The standard InChI is InChI=1S/C24H24FN3O3/c1-28(2)22(18-10-6-11-19(25)14-18)16-26-24(30)21(15-20-12-7-13-31-20)27-23(29)17-8-4-3-5-9-17/h3-15,22H,16H2,1-2H3,(H,26,30)(H,27,29). The fraction of sp³-hybridized carbons (Fsp3) is 0.167. The van der Waals surface area contributed by atoms with Crippen molar-refractivity contribution in [2.24, 2.45) is 0 Å². The number of likely N-dealkylation sites (N-methyl/N-ethyl adjacent to an activating group) is 1. The molecule has 3 aromatic rings. The van der Waals surface area contributed by atoms with E-state index in [1.807, 2.05) is 19.0 Å². The van der Waals surface area contributed by atoms with Crippen molar-refractivity contribution in [2.75, 3.05) is 20.6 Å². The number of nitrogens with one attached hydrogen (secondary N) is 2. The van der Waals surface area contributed by atoms with Gasteiger partial charge < -0.3 is 20.0 Å². The van der Waals surface area contributed by atoms with Crippen molar-refractivity contribution in [3.63, 3.8) is 0 Å². The third kappa shape index (κ3) is 6.13. The molecule has 1 heterocycles. The monoisotopic (exact) mass is 421 g/mol. The van der Waals surface area contributed by atoms with Crippen LogP contribution in [0.4, 0.5) is 4.39 Å². The molecule has 0 spiro atoms. The molecular weight excluding hydrogens is 397 g/mol. The minimum absolute atomic E-state index is 0.0422. The molecule has 160 valence electrons. The van der Waals surface area contributed by atoms with Gasteiger partial charge in [-0.1, -0.05) is 30.3 Å². The summed E-state index contributed by atoms with van der Waals surface area (Å²) in [5, 5.41) is 5.47. The van der Waals surface area contributed by atoms with Crippen molar-refractivity contribution in [3.05, 3.63) is 101 Å². The molecule has 2 N–H and O–H groups in total. The Balaban J connectivity index is 1.77. The number of halogens is 1. The van der Waals surface area contributed by atoms with Gasteiger partial charge in [0.1, 0.15) is 17.3 Å². The van der Waals surface area contributed by atoms with E-state index in [0.29, 0.717) is 11.3 Å². The number of furan rings is 1. The van der Waals surface area contributed by atoms with Crippen LogP contribution in [0.1, 0.15) is 27.7 Å². The number of carbonyl (C=O) groups excluding carboxylic acids is 2. The van der Waals surface area contributed by atoms with Gasteiger partial charge in [0.25, 0.3) is 11.8 Å². The lowest BCUT2D eigenvalue weighted by atomic mass is 10.1. The van der Waals surface area contributed by atoms with Crippen molar-refractivity contribution in [2.45, 2.75) is 6.04 Å². The van der Waals surface area contributed by atoms with Gasteiger partial charge in [-0.15, -0.1) is 0 Å². The predicted molar refractivity (Wildman–Crippen MR) is 116 cm³/mol. The van der Waals surface area contributed by atoms with E-state index in [9.17, 15) is 14.0 Å². The molecule has 0 aliphatic carbocycles. The average Bonchev–Trinajstić information content (AvgIpc) is 3.27. The van der Waals surface area contributed by atoms with E-state index in [2.05, 4.69) is 10.6 Å². The molecule has 31 heavy (non-hydrogen) atoms. The van der Waals surface area contributed by atoms with Crippen LogP contribution < -0.4 is 10.6 Å². The molecule has 1 unspecified atom stereocenters. The first kappa shape index (κ1) is 22.0. The van der Waals surface area contributed by atoms with Gasteiger partial charge in [0.15, 0.2) is 0 Å². The molecule has 1 aromatic heterocycles. The normalized spacial score (nSPS) is 12.5. The molecule has 0 bridgehead atoms. The minimum Gasteiger partial charge on any atom is -0.465 e. The van der Waals surface area contributed by atoms with Crippen molar-refractivity contribution in [1.29, 1.82) is 0 Å². The molecular formula is C24H24FN3O3. The van der Waals surface area contributed by atoms with Crippen molar-refractivity contribution in [3.8, 4) is 0 Å². The van der Waals surface area contributed by atoms with E-state index < -0.39 is 11.8 Å². The summed E-state index contributed by atoms with van der Waals surface area (Å²) in [5.41, 5.74) is 1.20. The van der Waals surface area contributed by atoms with Gasteiger partial charge in [-0.25, -0.2) is 4.39 Å². The van der Waals surface area contributed by atoms with Gasteiger partial charge in [0.2, 0.25) is 0 Å². The number of benzene rings is 2. The summed E-state index contributed by atoms with van der Waals surface area (Å²) in [5.74, 6) is -0.816. The fourth-order valence-electron chi connectivity index (χ4n) is 3.06. The van der Waals surface area contributed by atoms with Crippen LogP contribution in [0.25, 0.3) is 6.08 Å². The van der Waals surface area contributed by atoms with E-state index in [4.69, 9.17) is 4.42 Å². The van der Waals surface area contributed by atoms with Gasteiger partial charge in [-0.2, -0.15) is 0 Å². The summed E-state index contributed by atoms with van der Waals surface area (Å²) in [4.78, 5) is 27.4. The van der Waals surface area contributed by atoms with E-state index in [1.54, 1.807) is 54.6 Å². The summed E-state index contributed by atoms with van der Waals surface area (Å²) < 4.78 is 19.0. The highest BCUT2D eigenvalue weighted by atomic mass is 19.1. The molecule has 6 nitrogen and oxygen atoms in total. The highest BCUT2D eigenvalue weighted by Gasteiger charge is 2.19. The van der Waals surface area contributed by atoms with Crippen LogP contribution in [0.2, 0.25) is 0 Å². The number of carbonyl (C=O) groups is 2. The summed E-state index contributed by atoms with van der Waals surface area (Å²) in [6.07, 6.45) is 2.94. The second-order valence-corrected chi connectivity index (χ2v) is 7.14. The smallest absolute Gasteiger partial charge is 0.268 e. The van der Waals surface area contributed by atoms with Crippen LogP contribution >= 0.6 is 0 Å². The molecule has 0 radical (unpaired) electrons. The van der Waals surface area contributed by atoms with Crippen molar-refractivity contribution < 1.29 is 18.4 Å². The summed E-state index contributed by atoms with van der Waals surface area (Å²) in [6.45, 7) is 0.214. The maximum absolute atomic E-state index is 13.7. The van der Waals surface area contributed by atoms with Gasteiger partial charge in [-0.05, 0) is 56.1 Å². The zero-order valence-corrected chi connectivity index (χ0v) is 17.3. The Kier molecular flexibility index (Phi) is 7.35. The van der Waals surface area contributed by atoms with E-state index in [-0.39, 0.29) is 24.1 Å². The van der Waals surface area contributed by atoms with Crippen LogP contribution in [-0.4, -0.2) is 37.4 Å². The minimum atomic E-state index is -0.482. The molecule has 2 aromatic carbocycles. The van der Waals surface area contributed by atoms with Crippen LogP contribution in [0.15, 0.2) is 83.1 Å². The number of amides is 2. The highest BCUT2D eigenvalue weighted by Crippen LogP contribution is 2.18. The first-order valence-corrected chi connectivity index (χ1v) is 9.75. The van der Waals surface area contributed by atoms with Crippen LogP contribution in [0.5, 0.6) is 0 Å². The fourth-order valence-corrected chi connectivity index (χ4v) is 3.06. The number of hydrogen-bond acceptors (Lipinski definition) is 4. The quantitative estimate of drug-likeness (QED) is 0.545. The molecule has 0 saturated carbocycles. The van der Waals surface area contributed by atoms with Crippen molar-refractivity contribution >= 4 is 17.9 Å². The molecule has 0 saturated heterocycles. The van der Waals surface area contributed by atoms with Crippen molar-refractivity contribution in [1.82, 2.24) is 15.5 Å². The maximum atomic E-state index is 13.7. The molecule has 0 fully saturated rings. The lowest BCUT2D eigenvalue weighted by Gasteiger charge is -2.25. The summed E-state index contributed by atoms with van der Waals surface area (Å²) >= 11 is 0. The van der Waals surface area contributed by atoms with Gasteiger partial charge in [0.05, 0.1) is 12.3 Å². The Morgan fingerprint density at radius 2 is 1.84 bits per heavy atom. The van der Waals surface area contributed by atoms with Gasteiger partial charge in [0, 0.05) is 18.2 Å². The molecule has 0 aliphatic heterocycles. The summed E-state index contributed by atoms with van der Waals surface area (Å²) in [7, 11) is 3.69. The highest BCUT2D eigenvalue weighted by molar-refractivity contribution is 6.05. The first-order chi connectivity index (χ1) is 14.9. The first-order valence-electron chi connectivity index (χ1n) is 9.75. The van der Waals surface area contributed by atoms with E-state index in [1.165, 1.54) is 24.5 Å². The Hall–Kier alpha value is -3.71. The third-order valence-electron chi connectivity index (χ3n) is 4.67. The molecule has 1 atom stereocenters. The SMILES string of the molecule is CN(C)C(CNC(=O)C(=Cc1ccco1)NC(=O)c1ccccc1)c1cccc(F)c1. The Morgan fingerprint density at radius 3 is 2.48 bits per heavy atom. The Labute approximate surface area is 180 Å². The second kappa shape index (κ2) is 10.4. The third-order valence-corrected chi connectivity index (χ3v) is 4.67. The Bertz CT molecular complexity index is 1050. The van der Waals surface area contributed by atoms with Crippen LogP contribution in [0, 0.1) is 5.82 Å². The maximum Gasteiger partial charge on any atom is 0.268 e. The average molecular weight is 421 g/mol. The van der Waals surface area contributed by atoms with Gasteiger partial charge >= 0.3 is 0 Å².